The van der Waals surface area contributed by atoms with E-state index in [0.29, 0.717) is 5.92 Å². The summed E-state index contributed by atoms with van der Waals surface area (Å²) in [5.74, 6) is 0.463. The minimum atomic E-state index is 0.0891. The first kappa shape index (κ1) is 6.00. The zero-order valence-electron chi connectivity index (χ0n) is 5.96. The third-order valence-electron chi connectivity index (χ3n) is 2.13. The molecule has 0 bridgehead atoms. The van der Waals surface area contributed by atoms with Gasteiger partial charge in [-0.15, -0.1) is 0 Å². The van der Waals surface area contributed by atoms with E-state index >= 15 is 0 Å². The number of hydrogen-bond acceptors (Lipinski definition) is 4. The molecule has 1 fully saturated rings. The molecule has 2 atom stereocenters. The Morgan fingerprint density at radius 1 is 1.80 bits per heavy atom. The van der Waals surface area contributed by atoms with Crippen LogP contribution in [0.25, 0.3) is 0 Å². The van der Waals surface area contributed by atoms with Crippen molar-refractivity contribution in [3.05, 3.63) is 11.9 Å². The summed E-state index contributed by atoms with van der Waals surface area (Å²) in [6, 6.07) is 0. The Bertz CT molecular complexity index is 177. The van der Waals surface area contributed by atoms with Crippen LogP contribution in [0.1, 0.15) is 0 Å². The van der Waals surface area contributed by atoms with Gasteiger partial charge in [-0.05, 0) is 0 Å². The molecule has 0 aliphatic carbocycles. The molecule has 2 heterocycles. The fourth-order valence-corrected chi connectivity index (χ4v) is 1.55. The predicted octanol–water partition coefficient (Wildman–Crippen LogP) is -1.22. The van der Waals surface area contributed by atoms with Crippen LogP contribution in [-0.2, 0) is 0 Å². The Labute approximate surface area is 60.0 Å². The van der Waals surface area contributed by atoms with E-state index in [2.05, 4.69) is 10.7 Å². The minimum Gasteiger partial charge on any atom is -0.389 e. The maximum absolute atomic E-state index is 5.78. The number of hydrazine groups is 1. The van der Waals surface area contributed by atoms with Crippen molar-refractivity contribution in [2.24, 2.45) is 11.7 Å². The molecule has 0 aromatic carbocycles. The van der Waals surface area contributed by atoms with Gasteiger partial charge < -0.3 is 16.1 Å². The molecule has 0 spiro atoms. The fraction of sp³-hybridized carbons (Fsp3) is 0.667. The van der Waals surface area contributed by atoms with Gasteiger partial charge in [-0.3, -0.25) is 0 Å². The highest BCUT2D eigenvalue weighted by atomic mass is 15.6. The second-order valence-corrected chi connectivity index (χ2v) is 2.80. The van der Waals surface area contributed by atoms with Crippen LogP contribution < -0.4 is 16.5 Å². The Hall–Kier alpha value is -0.740. The normalized spacial score (nSPS) is 37.4. The molecule has 0 amide bonds. The first-order chi connectivity index (χ1) is 4.79. The van der Waals surface area contributed by atoms with Gasteiger partial charge in [0.15, 0.2) is 0 Å². The third-order valence-corrected chi connectivity index (χ3v) is 2.13. The van der Waals surface area contributed by atoms with Gasteiger partial charge >= 0.3 is 0 Å². The van der Waals surface area contributed by atoms with Crippen LogP contribution >= 0.6 is 0 Å². The molecule has 2 aliphatic heterocycles. The molecule has 2 aliphatic rings. The lowest BCUT2D eigenvalue weighted by molar-refractivity contribution is 0.323. The number of nitrogens with two attached hydrogens (primary N) is 1. The SMILES string of the molecule is CN1NC(N)C2CNC=C21. The molecule has 56 valence electrons. The topological polar surface area (TPSA) is 53.3 Å². The molecule has 2 unspecified atom stereocenters. The highest BCUT2D eigenvalue weighted by Gasteiger charge is 2.34. The lowest BCUT2D eigenvalue weighted by Gasteiger charge is -2.11. The van der Waals surface area contributed by atoms with Gasteiger partial charge in [-0.1, -0.05) is 0 Å². The van der Waals surface area contributed by atoms with E-state index in [9.17, 15) is 0 Å². The third kappa shape index (κ3) is 0.629. The van der Waals surface area contributed by atoms with E-state index in [1.807, 2.05) is 18.3 Å². The van der Waals surface area contributed by atoms with Crippen LogP contribution in [0.3, 0.4) is 0 Å². The van der Waals surface area contributed by atoms with Crippen LogP contribution in [0.15, 0.2) is 11.9 Å². The number of hydrogen-bond donors (Lipinski definition) is 3. The first-order valence-electron chi connectivity index (χ1n) is 3.48. The molecule has 0 radical (unpaired) electrons. The zero-order valence-corrected chi connectivity index (χ0v) is 5.96. The summed E-state index contributed by atoms with van der Waals surface area (Å²) in [6.07, 6.45) is 2.11. The van der Waals surface area contributed by atoms with Crippen LogP contribution in [0.4, 0.5) is 0 Å². The lowest BCUT2D eigenvalue weighted by atomic mass is 10.1. The maximum Gasteiger partial charge on any atom is 0.0829 e. The van der Waals surface area contributed by atoms with Crippen molar-refractivity contribution in [2.75, 3.05) is 13.6 Å². The molecule has 0 aromatic rings. The van der Waals surface area contributed by atoms with Gasteiger partial charge in [0.2, 0.25) is 0 Å². The molecule has 0 saturated carbocycles. The van der Waals surface area contributed by atoms with Crippen LogP contribution in [0.2, 0.25) is 0 Å². The number of rotatable bonds is 0. The second-order valence-electron chi connectivity index (χ2n) is 2.80. The summed E-state index contributed by atoms with van der Waals surface area (Å²) < 4.78 is 0. The predicted molar refractivity (Wildman–Crippen MR) is 38.4 cm³/mol. The Kier molecular flexibility index (Phi) is 1.12. The van der Waals surface area contributed by atoms with Crippen molar-refractivity contribution in [1.82, 2.24) is 15.8 Å². The average Bonchev–Trinajstić information content (AvgIpc) is 2.39. The number of nitrogens with zero attached hydrogens (tertiary/aromatic N) is 1. The fourth-order valence-electron chi connectivity index (χ4n) is 1.55. The highest BCUT2D eigenvalue weighted by molar-refractivity contribution is 5.16. The van der Waals surface area contributed by atoms with Gasteiger partial charge in [-0.2, -0.15) is 0 Å². The summed E-state index contributed by atoms with van der Waals surface area (Å²) in [7, 11) is 1.98. The quantitative estimate of drug-likeness (QED) is 0.395. The van der Waals surface area contributed by atoms with E-state index in [1.54, 1.807) is 0 Å². The molecule has 1 saturated heterocycles. The van der Waals surface area contributed by atoms with E-state index in [4.69, 9.17) is 5.73 Å². The monoisotopic (exact) mass is 140 g/mol. The van der Waals surface area contributed by atoms with E-state index in [0.717, 1.165) is 6.54 Å². The molecule has 10 heavy (non-hydrogen) atoms. The zero-order chi connectivity index (χ0) is 7.14. The molecule has 4 heteroatoms. The van der Waals surface area contributed by atoms with Crippen molar-refractivity contribution >= 4 is 0 Å². The van der Waals surface area contributed by atoms with E-state index in [1.165, 1.54) is 5.70 Å². The Morgan fingerprint density at radius 2 is 2.60 bits per heavy atom. The summed E-state index contributed by atoms with van der Waals surface area (Å²) in [5.41, 5.74) is 10.2. The smallest absolute Gasteiger partial charge is 0.0829 e. The van der Waals surface area contributed by atoms with Crippen molar-refractivity contribution in [1.29, 1.82) is 0 Å². The molecular formula is C6H12N4. The first-order valence-corrected chi connectivity index (χ1v) is 3.48. The van der Waals surface area contributed by atoms with Crippen LogP contribution in [0, 0.1) is 5.92 Å². The van der Waals surface area contributed by atoms with E-state index in [-0.39, 0.29) is 6.17 Å². The Balaban J connectivity index is 2.24. The average molecular weight is 140 g/mol. The van der Waals surface area contributed by atoms with E-state index < -0.39 is 0 Å². The van der Waals surface area contributed by atoms with Gasteiger partial charge in [0, 0.05) is 25.7 Å². The van der Waals surface area contributed by atoms with Gasteiger partial charge in [0.25, 0.3) is 0 Å². The maximum atomic E-state index is 5.78. The second kappa shape index (κ2) is 1.87. The summed E-state index contributed by atoms with van der Waals surface area (Å²) >= 11 is 0. The largest absolute Gasteiger partial charge is 0.389 e. The van der Waals surface area contributed by atoms with Crippen LogP contribution in [-0.4, -0.2) is 24.8 Å². The lowest BCUT2D eigenvalue weighted by Crippen LogP contribution is -2.41. The molecular weight excluding hydrogens is 128 g/mol. The van der Waals surface area contributed by atoms with Crippen LogP contribution in [0.5, 0.6) is 0 Å². The minimum absolute atomic E-state index is 0.0891. The van der Waals surface area contributed by atoms with Crippen molar-refractivity contribution in [3.63, 3.8) is 0 Å². The summed E-state index contributed by atoms with van der Waals surface area (Å²) in [4.78, 5) is 0. The van der Waals surface area contributed by atoms with Gasteiger partial charge in [0.1, 0.15) is 0 Å². The highest BCUT2D eigenvalue weighted by Crippen LogP contribution is 2.24. The summed E-state index contributed by atoms with van der Waals surface area (Å²) in [5, 5.41) is 5.14. The Morgan fingerprint density at radius 3 is 3.30 bits per heavy atom. The van der Waals surface area contributed by atoms with Crippen molar-refractivity contribution in [3.8, 4) is 0 Å². The van der Waals surface area contributed by atoms with Crippen molar-refractivity contribution in [2.45, 2.75) is 6.17 Å². The molecule has 2 rings (SSSR count). The number of fused-ring (bicyclic) bond motifs is 1. The standard InChI is InChI=1S/C6H12N4/c1-10-5-3-8-2-4(5)6(7)9-10/h3-4,6,8-9H,2,7H2,1H3. The van der Waals surface area contributed by atoms with Gasteiger partial charge in [-0.25, -0.2) is 5.43 Å². The van der Waals surface area contributed by atoms with Crippen molar-refractivity contribution < 1.29 is 0 Å². The van der Waals surface area contributed by atoms with Gasteiger partial charge in [0.05, 0.1) is 11.9 Å². The molecule has 4 nitrogen and oxygen atoms in total. The molecule has 4 N–H and O–H groups in total. The summed E-state index contributed by atoms with van der Waals surface area (Å²) in [6.45, 7) is 0.966. The molecule has 0 aromatic heterocycles. The number of nitrogens with one attached hydrogen (secondary N) is 2.